The smallest absolute Gasteiger partial charge is 0.0409 e. The summed E-state index contributed by atoms with van der Waals surface area (Å²) in [5.41, 5.74) is 7.65. The summed E-state index contributed by atoms with van der Waals surface area (Å²) in [7, 11) is 0. The van der Waals surface area contributed by atoms with Crippen molar-refractivity contribution >= 4 is 11.8 Å². The van der Waals surface area contributed by atoms with Crippen LogP contribution in [0.25, 0.3) is 0 Å². The average Bonchev–Trinajstić information content (AvgIpc) is 2.67. The van der Waals surface area contributed by atoms with Crippen LogP contribution >= 0.6 is 11.8 Å². The maximum atomic E-state index is 6.37. The van der Waals surface area contributed by atoms with E-state index in [1.807, 2.05) is 0 Å². The molecular formula is C12H17NS. The Morgan fingerprint density at radius 3 is 2.21 bits per heavy atom. The highest BCUT2D eigenvalue weighted by molar-refractivity contribution is 7.98. The van der Waals surface area contributed by atoms with Gasteiger partial charge in [0, 0.05) is 10.4 Å². The first kappa shape index (κ1) is 10.1. The monoisotopic (exact) mass is 207 g/mol. The number of hydrogen-bond acceptors (Lipinski definition) is 2. The fourth-order valence-electron chi connectivity index (χ4n) is 2.22. The molecule has 0 atom stereocenters. The zero-order valence-corrected chi connectivity index (χ0v) is 9.44. The second-order valence-corrected chi connectivity index (χ2v) is 4.97. The molecule has 1 aliphatic rings. The molecule has 2 heteroatoms. The first-order valence-electron chi connectivity index (χ1n) is 5.18. The van der Waals surface area contributed by atoms with E-state index >= 15 is 0 Å². The van der Waals surface area contributed by atoms with E-state index in [2.05, 4.69) is 30.5 Å². The summed E-state index contributed by atoms with van der Waals surface area (Å²) < 4.78 is 0. The Morgan fingerprint density at radius 2 is 1.71 bits per heavy atom. The molecule has 1 nitrogen and oxygen atoms in total. The van der Waals surface area contributed by atoms with Gasteiger partial charge in [-0.3, -0.25) is 0 Å². The molecule has 0 aromatic heterocycles. The summed E-state index contributed by atoms with van der Waals surface area (Å²) in [6, 6.07) is 8.73. The predicted octanol–water partition coefficient (Wildman–Crippen LogP) is 3.14. The van der Waals surface area contributed by atoms with Crippen molar-refractivity contribution < 1.29 is 0 Å². The lowest BCUT2D eigenvalue weighted by atomic mass is 9.90. The third-order valence-corrected chi connectivity index (χ3v) is 3.90. The Hall–Kier alpha value is -0.470. The summed E-state index contributed by atoms with van der Waals surface area (Å²) in [4.78, 5) is 1.32. The topological polar surface area (TPSA) is 26.0 Å². The Kier molecular flexibility index (Phi) is 2.84. The van der Waals surface area contributed by atoms with E-state index in [1.54, 1.807) is 11.8 Å². The third kappa shape index (κ3) is 1.82. The maximum absolute atomic E-state index is 6.37. The van der Waals surface area contributed by atoms with Gasteiger partial charge in [-0.2, -0.15) is 0 Å². The van der Waals surface area contributed by atoms with Gasteiger partial charge in [-0.25, -0.2) is 0 Å². The van der Waals surface area contributed by atoms with E-state index < -0.39 is 0 Å². The lowest BCUT2D eigenvalue weighted by Crippen LogP contribution is -2.32. The molecule has 1 saturated carbocycles. The molecule has 0 aliphatic heterocycles. The van der Waals surface area contributed by atoms with Gasteiger partial charge < -0.3 is 5.73 Å². The number of thioether (sulfide) groups is 1. The predicted molar refractivity (Wildman–Crippen MR) is 62.6 cm³/mol. The van der Waals surface area contributed by atoms with Crippen LogP contribution in [0, 0.1) is 0 Å². The Labute approximate surface area is 90.1 Å². The third-order valence-electron chi connectivity index (χ3n) is 3.16. The van der Waals surface area contributed by atoms with Gasteiger partial charge in [0.25, 0.3) is 0 Å². The van der Waals surface area contributed by atoms with Crippen molar-refractivity contribution in [2.75, 3.05) is 6.26 Å². The fraction of sp³-hybridized carbons (Fsp3) is 0.500. The van der Waals surface area contributed by atoms with Crippen LogP contribution in [0.5, 0.6) is 0 Å². The molecule has 0 amide bonds. The van der Waals surface area contributed by atoms with Crippen molar-refractivity contribution in [3.8, 4) is 0 Å². The first-order valence-corrected chi connectivity index (χ1v) is 6.40. The number of benzene rings is 1. The highest BCUT2D eigenvalue weighted by atomic mass is 32.2. The van der Waals surface area contributed by atoms with Gasteiger partial charge in [0.15, 0.2) is 0 Å². The van der Waals surface area contributed by atoms with E-state index in [4.69, 9.17) is 5.73 Å². The number of rotatable bonds is 2. The Morgan fingerprint density at radius 1 is 1.14 bits per heavy atom. The van der Waals surface area contributed by atoms with Crippen LogP contribution in [0.1, 0.15) is 31.2 Å². The normalized spacial score (nSPS) is 19.9. The minimum Gasteiger partial charge on any atom is -0.321 e. The molecule has 1 aromatic rings. The van der Waals surface area contributed by atoms with Crippen LogP contribution in [0.3, 0.4) is 0 Å². The molecule has 0 heterocycles. The first-order chi connectivity index (χ1) is 6.74. The minimum atomic E-state index is -0.0308. The van der Waals surface area contributed by atoms with Crippen LogP contribution in [-0.2, 0) is 5.54 Å². The number of hydrogen-bond donors (Lipinski definition) is 1. The largest absolute Gasteiger partial charge is 0.321 e. The molecule has 2 N–H and O–H groups in total. The Balaban J connectivity index is 2.23. The molecule has 14 heavy (non-hydrogen) atoms. The molecule has 1 fully saturated rings. The fourth-order valence-corrected chi connectivity index (χ4v) is 2.63. The molecule has 1 aliphatic carbocycles. The minimum absolute atomic E-state index is 0.0308. The molecule has 0 spiro atoms. The van der Waals surface area contributed by atoms with Crippen molar-refractivity contribution in [1.29, 1.82) is 0 Å². The van der Waals surface area contributed by atoms with E-state index in [1.165, 1.54) is 23.3 Å². The lowest BCUT2D eigenvalue weighted by molar-refractivity contribution is 0.461. The van der Waals surface area contributed by atoms with Gasteiger partial charge in [0.1, 0.15) is 0 Å². The number of nitrogens with two attached hydrogens (primary N) is 1. The summed E-state index contributed by atoms with van der Waals surface area (Å²) >= 11 is 1.78. The maximum Gasteiger partial charge on any atom is 0.0409 e. The van der Waals surface area contributed by atoms with Crippen molar-refractivity contribution in [2.24, 2.45) is 5.73 Å². The highest BCUT2D eigenvalue weighted by Crippen LogP contribution is 2.36. The van der Waals surface area contributed by atoms with Crippen LogP contribution in [0.15, 0.2) is 29.2 Å². The van der Waals surface area contributed by atoms with Crippen molar-refractivity contribution in [3.05, 3.63) is 29.8 Å². The molecular weight excluding hydrogens is 190 g/mol. The molecule has 0 bridgehead atoms. The average molecular weight is 207 g/mol. The zero-order valence-electron chi connectivity index (χ0n) is 8.62. The van der Waals surface area contributed by atoms with E-state index in [0.29, 0.717) is 0 Å². The van der Waals surface area contributed by atoms with E-state index in [9.17, 15) is 0 Å². The van der Waals surface area contributed by atoms with Gasteiger partial charge in [0.2, 0.25) is 0 Å². The molecule has 0 unspecified atom stereocenters. The summed E-state index contributed by atoms with van der Waals surface area (Å²) in [5, 5.41) is 0. The van der Waals surface area contributed by atoms with Gasteiger partial charge in [-0.15, -0.1) is 11.8 Å². The molecule has 0 saturated heterocycles. The van der Waals surface area contributed by atoms with Crippen LogP contribution in [0.4, 0.5) is 0 Å². The standard InChI is InChI=1S/C12H17NS/c1-14-11-6-4-10(5-7-11)12(13)8-2-3-9-12/h4-7H,2-3,8-9,13H2,1H3. The van der Waals surface area contributed by atoms with Crippen LogP contribution in [0.2, 0.25) is 0 Å². The van der Waals surface area contributed by atoms with Crippen LogP contribution in [-0.4, -0.2) is 6.26 Å². The Bertz CT molecular complexity index is 299. The van der Waals surface area contributed by atoms with E-state index in [-0.39, 0.29) is 5.54 Å². The van der Waals surface area contributed by atoms with Crippen molar-refractivity contribution in [3.63, 3.8) is 0 Å². The lowest BCUT2D eigenvalue weighted by Gasteiger charge is -2.24. The second-order valence-electron chi connectivity index (χ2n) is 4.09. The van der Waals surface area contributed by atoms with Crippen molar-refractivity contribution in [2.45, 2.75) is 36.1 Å². The molecule has 76 valence electrons. The van der Waals surface area contributed by atoms with E-state index in [0.717, 1.165) is 12.8 Å². The molecule has 2 rings (SSSR count). The van der Waals surface area contributed by atoms with Gasteiger partial charge >= 0.3 is 0 Å². The summed E-state index contributed by atoms with van der Waals surface area (Å²) in [5.74, 6) is 0. The SMILES string of the molecule is CSc1ccc(C2(N)CCCC2)cc1. The molecule has 0 radical (unpaired) electrons. The van der Waals surface area contributed by atoms with Gasteiger partial charge in [0.05, 0.1) is 0 Å². The van der Waals surface area contributed by atoms with Crippen LogP contribution < -0.4 is 5.73 Å². The quantitative estimate of drug-likeness (QED) is 0.754. The zero-order chi connectivity index (χ0) is 10.0. The highest BCUT2D eigenvalue weighted by Gasteiger charge is 2.30. The molecule has 1 aromatic carbocycles. The van der Waals surface area contributed by atoms with Crippen molar-refractivity contribution in [1.82, 2.24) is 0 Å². The second kappa shape index (κ2) is 3.95. The van der Waals surface area contributed by atoms with Gasteiger partial charge in [-0.1, -0.05) is 25.0 Å². The van der Waals surface area contributed by atoms with Gasteiger partial charge in [-0.05, 0) is 36.8 Å². The summed E-state index contributed by atoms with van der Waals surface area (Å²) in [6.07, 6.45) is 6.95. The summed E-state index contributed by atoms with van der Waals surface area (Å²) in [6.45, 7) is 0.